The zero-order chi connectivity index (χ0) is 12.1. The van der Waals surface area contributed by atoms with Crippen LogP contribution in [0.3, 0.4) is 0 Å². The molecule has 2 rings (SSSR count). The smallest absolute Gasteiger partial charge is 0.190 e. The maximum absolute atomic E-state index is 12.3. The molecule has 0 aromatic heterocycles. The van der Waals surface area contributed by atoms with Gasteiger partial charge in [-0.1, -0.05) is 37.3 Å². The van der Waals surface area contributed by atoms with Crippen molar-refractivity contribution in [1.82, 2.24) is 0 Å². The van der Waals surface area contributed by atoms with E-state index in [1.54, 1.807) is 11.8 Å². The molecule has 0 saturated carbocycles. The zero-order valence-corrected chi connectivity index (χ0v) is 10.8. The number of rotatable bonds is 5. The van der Waals surface area contributed by atoms with Crippen molar-refractivity contribution in [3.8, 4) is 0 Å². The number of allylic oxidation sites excluding steroid dienone is 4. The second-order valence-electron chi connectivity index (χ2n) is 4.00. The maximum Gasteiger partial charge on any atom is 0.190 e. The molecule has 0 unspecified atom stereocenters. The lowest BCUT2D eigenvalue weighted by Crippen LogP contribution is -2.03. The lowest BCUT2D eigenvalue weighted by atomic mass is 10.0. The lowest BCUT2D eigenvalue weighted by Gasteiger charge is -2.08. The van der Waals surface area contributed by atoms with Crippen molar-refractivity contribution in [2.45, 2.75) is 24.7 Å². The van der Waals surface area contributed by atoms with Gasteiger partial charge in [-0.15, -0.1) is 11.8 Å². The van der Waals surface area contributed by atoms with Gasteiger partial charge < -0.3 is 0 Å². The van der Waals surface area contributed by atoms with E-state index in [4.69, 9.17) is 0 Å². The van der Waals surface area contributed by atoms with Crippen LogP contribution in [0, 0.1) is 0 Å². The minimum absolute atomic E-state index is 0.175. The molecule has 0 fully saturated rings. The Balaban J connectivity index is 2.22. The van der Waals surface area contributed by atoms with E-state index in [9.17, 15) is 4.79 Å². The predicted octanol–water partition coefficient (Wildman–Crippen LogP) is 4.26. The summed E-state index contributed by atoms with van der Waals surface area (Å²) in [7, 11) is 0. The van der Waals surface area contributed by atoms with Crippen LogP contribution >= 0.6 is 11.8 Å². The number of ketones is 1. The summed E-state index contributed by atoms with van der Waals surface area (Å²) in [5.41, 5.74) is 1.75. The Morgan fingerprint density at radius 3 is 2.88 bits per heavy atom. The molecule has 0 radical (unpaired) electrons. The van der Waals surface area contributed by atoms with Crippen LogP contribution in [-0.4, -0.2) is 11.5 Å². The van der Waals surface area contributed by atoms with Gasteiger partial charge in [0.15, 0.2) is 5.78 Å². The van der Waals surface area contributed by atoms with E-state index in [1.807, 2.05) is 42.5 Å². The Hall–Kier alpha value is -1.28. The first kappa shape index (κ1) is 12.2. The molecule has 1 aromatic rings. The quantitative estimate of drug-likeness (QED) is 0.568. The van der Waals surface area contributed by atoms with Crippen LogP contribution in [0.1, 0.15) is 30.1 Å². The van der Waals surface area contributed by atoms with E-state index in [1.165, 1.54) is 0 Å². The number of carbonyl (C=O) groups excluding carboxylic acids is 1. The third-order valence-electron chi connectivity index (χ3n) is 2.66. The van der Waals surface area contributed by atoms with Crippen molar-refractivity contribution < 1.29 is 4.79 Å². The van der Waals surface area contributed by atoms with Gasteiger partial charge in [-0.25, -0.2) is 0 Å². The largest absolute Gasteiger partial charge is 0.289 e. The molecule has 1 aliphatic carbocycles. The van der Waals surface area contributed by atoms with Crippen molar-refractivity contribution in [3.63, 3.8) is 0 Å². The minimum Gasteiger partial charge on any atom is -0.289 e. The van der Waals surface area contributed by atoms with Gasteiger partial charge in [0, 0.05) is 16.0 Å². The van der Waals surface area contributed by atoms with E-state index >= 15 is 0 Å². The highest BCUT2D eigenvalue weighted by Gasteiger charge is 2.16. The summed E-state index contributed by atoms with van der Waals surface area (Å²) in [6.45, 7) is 2.15. The third kappa shape index (κ3) is 2.89. The fraction of sp³-hybridized carbons (Fsp3) is 0.267. The monoisotopic (exact) mass is 244 g/mol. The number of carbonyl (C=O) groups is 1. The highest BCUT2D eigenvalue weighted by molar-refractivity contribution is 7.99. The van der Waals surface area contributed by atoms with Crippen LogP contribution < -0.4 is 0 Å². The first-order chi connectivity index (χ1) is 8.33. The maximum atomic E-state index is 12.3. The van der Waals surface area contributed by atoms with E-state index in [0.717, 1.165) is 34.6 Å². The molecule has 0 saturated heterocycles. The molecule has 2 heteroatoms. The lowest BCUT2D eigenvalue weighted by molar-refractivity contribution is 0.103. The SMILES string of the molecule is CCCSc1ccccc1C(=O)C1=CC=CC1. The van der Waals surface area contributed by atoms with E-state index in [0.29, 0.717) is 0 Å². The van der Waals surface area contributed by atoms with Gasteiger partial charge in [0.1, 0.15) is 0 Å². The molecule has 88 valence electrons. The summed E-state index contributed by atoms with van der Waals surface area (Å²) in [4.78, 5) is 13.4. The standard InChI is InChI=1S/C15H16OS/c1-2-11-17-14-10-6-5-9-13(14)15(16)12-7-3-4-8-12/h3-7,9-10H,2,8,11H2,1H3. The van der Waals surface area contributed by atoms with Gasteiger partial charge >= 0.3 is 0 Å². The molecule has 0 bridgehead atoms. The molecule has 1 aromatic carbocycles. The van der Waals surface area contributed by atoms with Gasteiger partial charge in [0.05, 0.1) is 0 Å². The summed E-state index contributed by atoms with van der Waals surface area (Å²) < 4.78 is 0. The summed E-state index contributed by atoms with van der Waals surface area (Å²) in [6.07, 6.45) is 7.79. The van der Waals surface area contributed by atoms with Gasteiger partial charge in [-0.3, -0.25) is 4.79 Å². The van der Waals surface area contributed by atoms with Crippen molar-refractivity contribution in [1.29, 1.82) is 0 Å². The first-order valence-corrected chi connectivity index (χ1v) is 6.93. The average molecular weight is 244 g/mol. The van der Waals surface area contributed by atoms with Crippen molar-refractivity contribution in [2.24, 2.45) is 0 Å². The molecule has 0 N–H and O–H groups in total. The van der Waals surface area contributed by atoms with Crippen LogP contribution in [0.5, 0.6) is 0 Å². The minimum atomic E-state index is 0.175. The fourth-order valence-corrected chi connectivity index (χ4v) is 2.70. The molecule has 17 heavy (non-hydrogen) atoms. The van der Waals surface area contributed by atoms with Crippen LogP contribution in [0.15, 0.2) is 53.0 Å². The fourth-order valence-electron chi connectivity index (χ4n) is 1.78. The number of benzene rings is 1. The van der Waals surface area contributed by atoms with Crippen molar-refractivity contribution >= 4 is 17.5 Å². The van der Waals surface area contributed by atoms with Gasteiger partial charge in [-0.05, 0) is 30.7 Å². The molecule has 0 amide bonds. The van der Waals surface area contributed by atoms with Crippen LogP contribution in [0.2, 0.25) is 0 Å². The number of Topliss-reactive ketones (excluding diaryl/α,β-unsaturated/α-hetero) is 1. The van der Waals surface area contributed by atoms with Crippen molar-refractivity contribution in [2.75, 3.05) is 5.75 Å². The molecular weight excluding hydrogens is 228 g/mol. The molecule has 0 heterocycles. The van der Waals surface area contributed by atoms with Gasteiger partial charge in [-0.2, -0.15) is 0 Å². The zero-order valence-electron chi connectivity index (χ0n) is 9.98. The highest BCUT2D eigenvalue weighted by Crippen LogP contribution is 2.27. The third-order valence-corrected chi connectivity index (χ3v) is 3.94. The second-order valence-corrected chi connectivity index (χ2v) is 5.13. The Kier molecular flexibility index (Phi) is 4.21. The number of hydrogen-bond acceptors (Lipinski definition) is 2. The Morgan fingerprint density at radius 1 is 1.35 bits per heavy atom. The molecule has 1 aliphatic rings. The van der Waals surface area contributed by atoms with Crippen LogP contribution in [0.4, 0.5) is 0 Å². The van der Waals surface area contributed by atoms with Gasteiger partial charge in [0.25, 0.3) is 0 Å². The Labute approximate surface area is 107 Å². The normalized spacial score (nSPS) is 13.8. The molecular formula is C15H16OS. The molecule has 0 spiro atoms. The molecule has 0 atom stereocenters. The van der Waals surface area contributed by atoms with Gasteiger partial charge in [0.2, 0.25) is 0 Å². The van der Waals surface area contributed by atoms with E-state index in [-0.39, 0.29) is 5.78 Å². The predicted molar refractivity (Wildman–Crippen MR) is 73.6 cm³/mol. The summed E-state index contributed by atoms with van der Waals surface area (Å²) in [5.74, 6) is 1.23. The first-order valence-electron chi connectivity index (χ1n) is 5.95. The average Bonchev–Trinajstić information content (AvgIpc) is 2.89. The number of thioether (sulfide) groups is 1. The van der Waals surface area contributed by atoms with E-state index < -0.39 is 0 Å². The van der Waals surface area contributed by atoms with E-state index in [2.05, 4.69) is 6.92 Å². The Bertz CT molecular complexity index is 472. The highest BCUT2D eigenvalue weighted by atomic mass is 32.2. The van der Waals surface area contributed by atoms with Crippen LogP contribution in [0.25, 0.3) is 0 Å². The number of hydrogen-bond donors (Lipinski definition) is 0. The summed E-state index contributed by atoms with van der Waals surface area (Å²) in [5, 5.41) is 0. The summed E-state index contributed by atoms with van der Waals surface area (Å²) in [6, 6.07) is 7.90. The van der Waals surface area contributed by atoms with Crippen molar-refractivity contribution in [3.05, 3.63) is 53.6 Å². The Morgan fingerprint density at radius 2 is 2.18 bits per heavy atom. The van der Waals surface area contributed by atoms with Crippen LogP contribution in [-0.2, 0) is 0 Å². The summed E-state index contributed by atoms with van der Waals surface area (Å²) >= 11 is 1.77. The second kappa shape index (κ2) is 5.87. The topological polar surface area (TPSA) is 17.1 Å². The molecule has 0 aliphatic heterocycles. The molecule has 1 nitrogen and oxygen atoms in total.